The molecule has 1 N–H and O–H groups in total. The maximum atomic E-state index is 9.80. The molecule has 1 heterocycles. The van der Waals surface area contributed by atoms with Gasteiger partial charge in [-0.2, -0.15) is 4.98 Å². The van der Waals surface area contributed by atoms with Crippen LogP contribution in [0.4, 0.5) is 0 Å². The highest BCUT2D eigenvalue weighted by molar-refractivity contribution is 5.55. The Labute approximate surface area is 115 Å². The van der Waals surface area contributed by atoms with E-state index in [9.17, 15) is 5.11 Å². The van der Waals surface area contributed by atoms with Crippen molar-refractivity contribution in [3.05, 3.63) is 54.4 Å². The van der Waals surface area contributed by atoms with E-state index in [2.05, 4.69) is 10.1 Å². The van der Waals surface area contributed by atoms with Crippen LogP contribution in [-0.4, -0.2) is 15.2 Å². The molecule has 3 rings (SSSR count). The van der Waals surface area contributed by atoms with Crippen molar-refractivity contribution in [1.82, 2.24) is 10.1 Å². The Morgan fingerprint density at radius 1 is 1.10 bits per heavy atom. The molecule has 1 aromatic heterocycles. The van der Waals surface area contributed by atoms with Gasteiger partial charge in [0.1, 0.15) is 5.75 Å². The van der Waals surface area contributed by atoms with Crippen molar-refractivity contribution in [2.75, 3.05) is 0 Å². The van der Waals surface area contributed by atoms with Crippen LogP contribution in [-0.2, 0) is 0 Å². The molecule has 0 fully saturated rings. The quantitative estimate of drug-likeness (QED) is 0.786. The van der Waals surface area contributed by atoms with Crippen LogP contribution in [0.25, 0.3) is 11.4 Å². The number of aromatic hydroxyl groups is 1. The van der Waals surface area contributed by atoms with Gasteiger partial charge in [-0.3, -0.25) is 0 Å². The van der Waals surface area contributed by atoms with Gasteiger partial charge in [0.2, 0.25) is 12.2 Å². The van der Waals surface area contributed by atoms with Crippen LogP contribution in [0.5, 0.6) is 17.2 Å². The van der Waals surface area contributed by atoms with Gasteiger partial charge < -0.3 is 14.4 Å². The van der Waals surface area contributed by atoms with Crippen molar-refractivity contribution in [1.29, 1.82) is 0 Å². The van der Waals surface area contributed by atoms with Crippen LogP contribution in [0.3, 0.4) is 0 Å². The number of hydrogen-bond donors (Lipinski definition) is 1. The van der Waals surface area contributed by atoms with Crippen LogP contribution in [0.1, 0.15) is 5.56 Å². The lowest BCUT2D eigenvalue weighted by molar-refractivity contribution is 0.411. The van der Waals surface area contributed by atoms with Gasteiger partial charge in [-0.1, -0.05) is 11.2 Å². The first-order valence-electron chi connectivity index (χ1n) is 6.06. The van der Waals surface area contributed by atoms with Gasteiger partial charge in [0.15, 0.2) is 11.5 Å². The zero-order valence-corrected chi connectivity index (χ0v) is 10.8. The molecule has 5 heteroatoms. The van der Waals surface area contributed by atoms with Crippen molar-refractivity contribution in [3.63, 3.8) is 0 Å². The van der Waals surface area contributed by atoms with Gasteiger partial charge in [0, 0.05) is 5.56 Å². The molecule has 0 amide bonds. The van der Waals surface area contributed by atoms with E-state index in [4.69, 9.17) is 9.26 Å². The molecular weight excluding hydrogens is 256 g/mol. The van der Waals surface area contributed by atoms with Gasteiger partial charge in [0.25, 0.3) is 0 Å². The highest BCUT2D eigenvalue weighted by Crippen LogP contribution is 2.31. The average molecular weight is 268 g/mol. The minimum atomic E-state index is 0.118. The first kappa shape index (κ1) is 12.2. The van der Waals surface area contributed by atoms with Crippen LogP contribution in [0.2, 0.25) is 0 Å². The molecule has 20 heavy (non-hydrogen) atoms. The zero-order valence-electron chi connectivity index (χ0n) is 10.8. The summed E-state index contributed by atoms with van der Waals surface area (Å²) in [5.41, 5.74) is 1.81. The number of rotatable bonds is 3. The first-order valence-corrected chi connectivity index (χ1v) is 6.06. The normalized spacial score (nSPS) is 10.4. The highest BCUT2D eigenvalue weighted by Gasteiger charge is 2.06. The number of hydrogen-bond acceptors (Lipinski definition) is 5. The third-order valence-electron chi connectivity index (χ3n) is 2.82. The predicted octanol–water partition coefficient (Wildman–Crippen LogP) is 3.54. The molecule has 3 aromatic rings. The van der Waals surface area contributed by atoms with Crippen molar-refractivity contribution in [2.45, 2.75) is 6.92 Å². The van der Waals surface area contributed by atoms with E-state index in [1.54, 1.807) is 24.3 Å². The third kappa shape index (κ3) is 2.47. The number of ether oxygens (including phenoxy) is 1. The molecule has 0 aliphatic carbocycles. The Kier molecular flexibility index (Phi) is 3.09. The zero-order chi connectivity index (χ0) is 13.9. The minimum Gasteiger partial charge on any atom is -0.504 e. The number of aromatic nitrogens is 2. The second-order valence-electron chi connectivity index (χ2n) is 4.35. The van der Waals surface area contributed by atoms with E-state index in [1.165, 1.54) is 6.39 Å². The van der Waals surface area contributed by atoms with E-state index in [-0.39, 0.29) is 5.75 Å². The summed E-state index contributed by atoms with van der Waals surface area (Å²) in [5.74, 6) is 1.68. The second-order valence-corrected chi connectivity index (χ2v) is 4.35. The summed E-state index contributed by atoms with van der Waals surface area (Å²) in [4.78, 5) is 3.97. The lowest BCUT2D eigenvalue weighted by Crippen LogP contribution is -1.86. The molecule has 0 saturated heterocycles. The number of phenolic OH excluding ortho intramolecular Hbond substituents is 1. The summed E-state index contributed by atoms with van der Waals surface area (Å²) in [6.45, 7) is 1.91. The van der Waals surface area contributed by atoms with E-state index in [0.717, 1.165) is 11.1 Å². The molecule has 0 spiro atoms. The summed E-state index contributed by atoms with van der Waals surface area (Å²) >= 11 is 0. The van der Waals surface area contributed by atoms with Gasteiger partial charge in [-0.15, -0.1) is 0 Å². The first-order chi connectivity index (χ1) is 9.72. The summed E-state index contributed by atoms with van der Waals surface area (Å²) in [6, 6.07) is 12.5. The highest BCUT2D eigenvalue weighted by atomic mass is 16.5. The Bertz CT molecular complexity index is 706. The fourth-order valence-corrected chi connectivity index (χ4v) is 1.81. The SMILES string of the molecule is Cc1ccc(Oc2ccc(-c3ncon3)cc2)c(O)c1. The standard InChI is InChI=1S/C15H12N2O3/c1-10-2-7-14(13(18)8-10)20-12-5-3-11(4-6-12)15-16-9-19-17-15/h2-9,18H,1H3. The van der Waals surface area contributed by atoms with E-state index < -0.39 is 0 Å². The molecule has 2 aromatic carbocycles. The molecule has 0 bridgehead atoms. The number of phenols is 1. The fraction of sp³-hybridized carbons (Fsp3) is 0.0667. The van der Waals surface area contributed by atoms with Gasteiger partial charge in [0.05, 0.1) is 0 Å². The molecule has 0 atom stereocenters. The maximum Gasteiger partial charge on any atom is 0.214 e. The maximum absolute atomic E-state index is 9.80. The lowest BCUT2D eigenvalue weighted by atomic mass is 10.2. The number of aryl methyl sites for hydroxylation is 1. The van der Waals surface area contributed by atoms with E-state index >= 15 is 0 Å². The predicted molar refractivity (Wildman–Crippen MR) is 72.7 cm³/mol. The number of benzene rings is 2. The average Bonchev–Trinajstić information content (AvgIpc) is 2.97. The Morgan fingerprint density at radius 2 is 1.90 bits per heavy atom. The Hall–Kier alpha value is -2.82. The van der Waals surface area contributed by atoms with Crippen LogP contribution >= 0.6 is 0 Å². The summed E-state index contributed by atoms with van der Waals surface area (Å²) < 4.78 is 10.3. The Balaban J connectivity index is 1.81. The van der Waals surface area contributed by atoms with Crippen LogP contribution in [0, 0.1) is 6.92 Å². The van der Waals surface area contributed by atoms with Crippen LogP contribution < -0.4 is 4.74 Å². The number of nitrogens with zero attached hydrogens (tertiary/aromatic N) is 2. The minimum absolute atomic E-state index is 0.118. The molecule has 5 nitrogen and oxygen atoms in total. The molecule has 0 unspecified atom stereocenters. The van der Waals surface area contributed by atoms with Gasteiger partial charge >= 0.3 is 0 Å². The third-order valence-corrected chi connectivity index (χ3v) is 2.82. The molecule has 0 aliphatic heterocycles. The molecule has 100 valence electrons. The smallest absolute Gasteiger partial charge is 0.214 e. The van der Waals surface area contributed by atoms with Crippen molar-refractivity contribution in [2.24, 2.45) is 0 Å². The monoisotopic (exact) mass is 268 g/mol. The van der Waals surface area contributed by atoms with E-state index in [1.807, 2.05) is 25.1 Å². The summed E-state index contributed by atoms with van der Waals surface area (Å²) in [6.07, 6.45) is 1.28. The topological polar surface area (TPSA) is 68.4 Å². The molecular formula is C15H12N2O3. The van der Waals surface area contributed by atoms with E-state index in [0.29, 0.717) is 17.3 Å². The molecule has 0 saturated carbocycles. The van der Waals surface area contributed by atoms with Crippen molar-refractivity contribution in [3.8, 4) is 28.6 Å². The fourth-order valence-electron chi connectivity index (χ4n) is 1.81. The van der Waals surface area contributed by atoms with Crippen LogP contribution in [0.15, 0.2) is 53.4 Å². The van der Waals surface area contributed by atoms with Crippen molar-refractivity contribution >= 4 is 0 Å². The largest absolute Gasteiger partial charge is 0.504 e. The van der Waals surface area contributed by atoms with Gasteiger partial charge in [-0.05, 0) is 48.9 Å². The second kappa shape index (κ2) is 5.05. The lowest BCUT2D eigenvalue weighted by Gasteiger charge is -2.08. The summed E-state index contributed by atoms with van der Waals surface area (Å²) in [5, 5.41) is 13.6. The van der Waals surface area contributed by atoms with Gasteiger partial charge in [-0.25, -0.2) is 0 Å². The molecule has 0 aliphatic rings. The van der Waals surface area contributed by atoms with Crippen molar-refractivity contribution < 1.29 is 14.4 Å². The summed E-state index contributed by atoms with van der Waals surface area (Å²) in [7, 11) is 0. The Morgan fingerprint density at radius 3 is 2.55 bits per heavy atom. The molecule has 0 radical (unpaired) electrons.